The molecule has 2 heterocycles. The summed E-state index contributed by atoms with van der Waals surface area (Å²) < 4.78 is 0. The number of carbonyl (C=O) groups is 3. The van der Waals surface area contributed by atoms with Crippen LogP contribution in [0.3, 0.4) is 0 Å². The van der Waals surface area contributed by atoms with Gasteiger partial charge in [0.1, 0.15) is 5.01 Å². The van der Waals surface area contributed by atoms with Crippen molar-refractivity contribution in [3.8, 4) is 0 Å². The van der Waals surface area contributed by atoms with Gasteiger partial charge in [-0.15, -0.1) is 11.3 Å². The highest BCUT2D eigenvalue weighted by Gasteiger charge is 2.27. The number of benzene rings is 1. The van der Waals surface area contributed by atoms with E-state index in [1.165, 1.54) is 4.90 Å². The molecule has 2 aromatic rings. The van der Waals surface area contributed by atoms with E-state index in [0.29, 0.717) is 17.8 Å². The number of nitrogens with one attached hydrogen (secondary N) is 2. The van der Waals surface area contributed by atoms with E-state index >= 15 is 0 Å². The van der Waals surface area contributed by atoms with E-state index in [1.807, 2.05) is 13.8 Å². The zero-order chi connectivity index (χ0) is 18.0. The average Bonchev–Trinajstić information content (AvgIpc) is 2.91. The molecule has 1 saturated heterocycles. The third-order valence-corrected chi connectivity index (χ3v) is 5.04. The van der Waals surface area contributed by atoms with Crippen LogP contribution in [0.2, 0.25) is 0 Å². The minimum Gasteiger partial charge on any atom is -0.345 e. The van der Waals surface area contributed by atoms with Crippen LogP contribution in [0.1, 0.15) is 32.4 Å². The fourth-order valence-corrected chi connectivity index (χ4v) is 3.43. The van der Waals surface area contributed by atoms with Gasteiger partial charge in [-0.05, 0) is 26.0 Å². The predicted octanol–water partition coefficient (Wildman–Crippen LogP) is 2.14. The molecule has 1 aliphatic rings. The van der Waals surface area contributed by atoms with Crippen LogP contribution in [-0.4, -0.2) is 29.4 Å². The Balaban J connectivity index is 1.76. The maximum atomic E-state index is 12.6. The van der Waals surface area contributed by atoms with Gasteiger partial charge < -0.3 is 5.32 Å². The Hall–Kier alpha value is -2.74. The number of rotatable bonds is 4. The van der Waals surface area contributed by atoms with Crippen LogP contribution in [0.4, 0.5) is 10.5 Å². The number of urea groups is 1. The Labute approximate surface area is 149 Å². The van der Waals surface area contributed by atoms with Crippen molar-refractivity contribution in [3.63, 3.8) is 0 Å². The van der Waals surface area contributed by atoms with Gasteiger partial charge in [-0.1, -0.05) is 12.1 Å². The molecule has 1 aliphatic heterocycles. The molecule has 0 saturated carbocycles. The third kappa shape index (κ3) is 3.69. The highest BCUT2D eigenvalue weighted by Crippen LogP contribution is 2.23. The minimum absolute atomic E-state index is 0.208. The smallest absolute Gasteiger partial charge is 0.328 e. The lowest BCUT2D eigenvalue weighted by atomic mass is 10.1. The molecule has 1 aromatic carbocycles. The van der Waals surface area contributed by atoms with Crippen molar-refractivity contribution in [1.29, 1.82) is 0 Å². The zero-order valence-electron chi connectivity index (χ0n) is 14.0. The summed E-state index contributed by atoms with van der Waals surface area (Å²) in [5.41, 5.74) is 1.83. The van der Waals surface area contributed by atoms with Gasteiger partial charge in [-0.25, -0.2) is 9.78 Å². The van der Waals surface area contributed by atoms with Crippen LogP contribution >= 0.6 is 11.3 Å². The Morgan fingerprint density at radius 3 is 2.76 bits per heavy atom. The molecule has 0 unspecified atom stereocenters. The summed E-state index contributed by atoms with van der Waals surface area (Å²) in [7, 11) is 0. The van der Waals surface area contributed by atoms with Crippen LogP contribution in [0.5, 0.6) is 0 Å². The predicted molar refractivity (Wildman–Crippen MR) is 94.7 cm³/mol. The topological polar surface area (TPSA) is 91.4 Å². The Kier molecular flexibility index (Phi) is 4.80. The van der Waals surface area contributed by atoms with Crippen molar-refractivity contribution < 1.29 is 14.4 Å². The van der Waals surface area contributed by atoms with Gasteiger partial charge in [0.15, 0.2) is 0 Å². The van der Waals surface area contributed by atoms with Gasteiger partial charge in [0.25, 0.3) is 5.91 Å². The number of thiazole rings is 1. The van der Waals surface area contributed by atoms with Crippen molar-refractivity contribution in [3.05, 3.63) is 45.4 Å². The lowest BCUT2D eigenvalue weighted by Gasteiger charge is -2.28. The number of nitrogens with zero attached hydrogens (tertiary/aromatic N) is 2. The van der Waals surface area contributed by atoms with E-state index in [-0.39, 0.29) is 24.8 Å². The van der Waals surface area contributed by atoms with E-state index in [0.717, 1.165) is 15.6 Å². The van der Waals surface area contributed by atoms with Gasteiger partial charge in [-0.2, -0.15) is 0 Å². The molecule has 25 heavy (non-hydrogen) atoms. The first-order valence-corrected chi connectivity index (χ1v) is 8.69. The maximum absolute atomic E-state index is 12.6. The number of imide groups is 1. The molecule has 3 rings (SSSR count). The molecule has 0 spiro atoms. The first kappa shape index (κ1) is 17.1. The molecule has 4 amide bonds. The van der Waals surface area contributed by atoms with E-state index in [2.05, 4.69) is 15.6 Å². The molecule has 0 bridgehead atoms. The van der Waals surface area contributed by atoms with Crippen LogP contribution in [0, 0.1) is 13.8 Å². The van der Waals surface area contributed by atoms with Crippen LogP contribution in [0.25, 0.3) is 0 Å². The quantitative estimate of drug-likeness (QED) is 0.876. The van der Waals surface area contributed by atoms with Crippen molar-refractivity contribution >= 4 is 34.9 Å². The molecule has 0 radical (unpaired) electrons. The second-order valence-corrected chi connectivity index (χ2v) is 6.99. The summed E-state index contributed by atoms with van der Waals surface area (Å²) in [6.07, 6.45) is 0.208. The molecule has 1 aromatic heterocycles. The van der Waals surface area contributed by atoms with Crippen LogP contribution in [-0.2, 0) is 11.3 Å². The molecule has 1 fully saturated rings. The number of anilines is 1. The number of hydrogen-bond donors (Lipinski definition) is 2. The second-order valence-electron chi connectivity index (χ2n) is 5.70. The third-order valence-electron chi connectivity index (χ3n) is 3.97. The number of para-hydroxylation sites is 1. The number of hydrogen-bond acceptors (Lipinski definition) is 5. The maximum Gasteiger partial charge on any atom is 0.328 e. The number of carbonyl (C=O) groups excluding carboxylic acids is 3. The Morgan fingerprint density at radius 1 is 1.32 bits per heavy atom. The zero-order valence-corrected chi connectivity index (χ0v) is 14.8. The summed E-state index contributed by atoms with van der Waals surface area (Å²) in [5, 5.41) is 5.95. The van der Waals surface area contributed by atoms with E-state index in [9.17, 15) is 14.4 Å². The van der Waals surface area contributed by atoms with Crippen molar-refractivity contribution in [2.24, 2.45) is 0 Å². The Morgan fingerprint density at radius 2 is 2.08 bits per heavy atom. The molecule has 7 nitrogen and oxygen atoms in total. The standard InChI is InChI=1S/C17H18N4O3S/c1-10-11(2)25-15(19-10)9-18-16(23)12-5-3-4-6-13(12)21-8-7-14(22)20-17(21)24/h3-6H,7-9H2,1-2H3,(H,18,23)(H,20,22,24). The molecular formula is C17H18N4O3S. The molecule has 0 atom stereocenters. The largest absolute Gasteiger partial charge is 0.345 e. The van der Waals surface area contributed by atoms with E-state index < -0.39 is 6.03 Å². The summed E-state index contributed by atoms with van der Waals surface area (Å²) in [6, 6.07) is 6.34. The summed E-state index contributed by atoms with van der Waals surface area (Å²) in [5.74, 6) is -0.594. The van der Waals surface area contributed by atoms with Crippen LogP contribution < -0.4 is 15.5 Å². The van der Waals surface area contributed by atoms with Gasteiger partial charge >= 0.3 is 6.03 Å². The lowest BCUT2D eigenvalue weighted by molar-refractivity contribution is -0.120. The fraction of sp³-hybridized carbons (Fsp3) is 0.294. The normalized spacial score (nSPS) is 14.4. The number of amides is 4. The SMILES string of the molecule is Cc1nc(CNC(=O)c2ccccc2N2CCC(=O)NC2=O)sc1C. The fourth-order valence-electron chi connectivity index (χ4n) is 2.56. The molecule has 0 aliphatic carbocycles. The number of aryl methyl sites for hydroxylation is 2. The van der Waals surface area contributed by atoms with Crippen molar-refractivity contribution in [2.45, 2.75) is 26.8 Å². The monoisotopic (exact) mass is 358 g/mol. The van der Waals surface area contributed by atoms with Crippen LogP contribution in [0.15, 0.2) is 24.3 Å². The summed E-state index contributed by atoms with van der Waals surface area (Å²) >= 11 is 1.55. The molecule has 2 N–H and O–H groups in total. The highest BCUT2D eigenvalue weighted by molar-refractivity contribution is 7.11. The minimum atomic E-state index is -0.511. The Bertz CT molecular complexity index is 827. The van der Waals surface area contributed by atoms with E-state index in [1.54, 1.807) is 35.6 Å². The van der Waals surface area contributed by atoms with Gasteiger partial charge in [0.2, 0.25) is 5.91 Å². The van der Waals surface area contributed by atoms with Crippen molar-refractivity contribution in [1.82, 2.24) is 15.6 Å². The summed E-state index contributed by atoms with van der Waals surface area (Å²) in [6.45, 7) is 4.50. The second kappa shape index (κ2) is 7.02. The van der Waals surface area contributed by atoms with Gasteiger partial charge in [0, 0.05) is 17.8 Å². The average molecular weight is 358 g/mol. The molecule has 130 valence electrons. The van der Waals surface area contributed by atoms with Gasteiger partial charge in [-0.3, -0.25) is 19.8 Å². The van der Waals surface area contributed by atoms with Gasteiger partial charge in [0.05, 0.1) is 23.5 Å². The van der Waals surface area contributed by atoms with E-state index in [4.69, 9.17) is 0 Å². The lowest BCUT2D eigenvalue weighted by Crippen LogP contribution is -2.50. The first-order valence-electron chi connectivity index (χ1n) is 7.87. The number of aromatic nitrogens is 1. The molecule has 8 heteroatoms. The highest BCUT2D eigenvalue weighted by atomic mass is 32.1. The first-order chi connectivity index (χ1) is 12.0. The summed E-state index contributed by atoms with van der Waals surface area (Å²) in [4.78, 5) is 42.9. The van der Waals surface area contributed by atoms with Crippen molar-refractivity contribution in [2.75, 3.05) is 11.4 Å². The molecular weight excluding hydrogens is 340 g/mol.